The number of fused-ring (bicyclic) bond motifs is 1. The highest BCUT2D eigenvalue weighted by molar-refractivity contribution is 6.30. The first-order valence-corrected chi connectivity index (χ1v) is 10.7. The van der Waals surface area contributed by atoms with Crippen molar-refractivity contribution in [1.29, 1.82) is 0 Å². The van der Waals surface area contributed by atoms with Crippen LogP contribution in [0, 0.1) is 0 Å². The Morgan fingerprint density at radius 3 is 2.66 bits per heavy atom. The van der Waals surface area contributed by atoms with Gasteiger partial charge in [0.2, 0.25) is 0 Å². The molecule has 1 saturated heterocycles. The molecule has 2 aromatic rings. The van der Waals surface area contributed by atoms with E-state index in [4.69, 9.17) is 16.3 Å². The first kappa shape index (κ1) is 20.0. The zero-order valence-corrected chi connectivity index (χ0v) is 17.6. The minimum absolute atomic E-state index is 0.00331. The van der Waals surface area contributed by atoms with Gasteiger partial charge in [0.1, 0.15) is 5.75 Å². The van der Waals surface area contributed by atoms with Crippen LogP contribution in [0.1, 0.15) is 30.0 Å². The number of benzene rings is 2. The Labute approximate surface area is 177 Å². The van der Waals surface area contributed by atoms with Crippen molar-refractivity contribution >= 4 is 23.2 Å². The number of anilines is 1. The van der Waals surface area contributed by atoms with Crippen LogP contribution in [0.25, 0.3) is 0 Å². The molecule has 6 heteroatoms. The number of halogens is 1. The van der Waals surface area contributed by atoms with E-state index < -0.39 is 0 Å². The Kier molecular flexibility index (Phi) is 6.26. The lowest BCUT2D eigenvalue weighted by Gasteiger charge is -2.29. The molecule has 4 rings (SSSR count). The van der Waals surface area contributed by atoms with Crippen LogP contribution in [-0.4, -0.2) is 50.6 Å². The van der Waals surface area contributed by atoms with Crippen LogP contribution in [0.5, 0.6) is 5.75 Å². The fourth-order valence-corrected chi connectivity index (χ4v) is 4.37. The normalized spacial score (nSPS) is 17.2. The highest BCUT2D eigenvalue weighted by atomic mass is 35.5. The number of amides is 1. The number of rotatable bonds is 7. The third kappa shape index (κ3) is 4.85. The predicted octanol–water partition coefficient (Wildman–Crippen LogP) is 3.66. The largest absolute Gasteiger partial charge is 0.484 e. The average Bonchev–Trinajstić information content (AvgIpc) is 3.38. The van der Waals surface area contributed by atoms with Gasteiger partial charge in [-0.3, -0.25) is 9.69 Å². The van der Waals surface area contributed by atoms with Crippen molar-refractivity contribution in [2.45, 2.75) is 25.3 Å². The highest BCUT2D eigenvalue weighted by Crippen LogP contribution is 2.32. The van der Waals surface area contributed by atoms with Gasteiger partial charge in [-0.05, 0) is 73.8 Å². The summed E-state index contributed by atoms with van der Waals surface area (Å²) in [7, 11) is 2.14. The maximum Gasteiger partial charge on any atom is 0.258 e. The Hall–Kier alpha value is -2.24. The van der Waals surface area contributed by atoms with Crippen molar-refractivity contribution < 1.29 is 9.53 Å². The van der Waals surface area contributed by atoms with Gasteiger partial charge in [0.25, 0.3) is 5.91 Å². The lowest BCUT2D eigenvalue weighted by Crippen LogP contribution is -2.38. The molecule has 0 bridgehead atoms. The van der Waals surface area contributed by atoms with Gasteiger partial charge in [-0.1, -0.05) is 23.7 Å². The van der Waals surface area contributed by atoms with E-state index in [-0.39, 0.29) is 18.6 Å². The zero-order valence-electron chi connectivity index (χ0n) is 16.9. The lowest BCUT2D eigenvalue weighted by atomic mass is 10.0. The Bertz CT molecular complexity index is 850. The van der Waals surface area contributed by atoms with Gasteiger partial charge in [0.15, 0.2) is 6.61 Å². The van der Waals surface area contributed by atoms with Gasteiger partial charge in [-0.2, -0.15) is 0 Å². The number of likely N-dealkylation sites (N-methyl/N-ethyl adjacent to an activating group) is 1. The second-order valence-corrected chi connectivity index (χ2v) is 8.30. The summed E-state index contributed by atoms with van der Waals surface area (Å²) >= 11 is 5.88. The summed E-state index contributed by atoms with van der Waals surface area (Å²) in [5, 5.41) is 3.72. The quantitative estimate of drug-likeness (QED) is 0.752. The van der Waals surface area contributed by atoms with E-state index in [2.05, 4.69) is 40.4 Å². The molecule has 0 radical (unpaired) electrons. The molecular weight excluding hydrogens is 386 g/mol. The molecule has 2 heterocycles. The highest BCUT2D eigenvalue weighted by Gasteiger charge is 2.26. The number of nitrogens with one attached hydrogen (secondary N) is 1. The molecule has 0 spiro atoms. The SMILES string of the molecule is CN1CCc2cc([C@H](CNC(=O)COc3ccc(Cl)cc3)N3CCCC3)ccc21. The number of ether oxygens (including phenoxy) is 1. The molecule has 0 aliphatic carbocycles. The molecule has 1 amide bonds. The van der Waals surface area contributed by atoms with Crippen LogP contribution < -0.4 is 15.0 Å². The smallest absolute Gasteiger partial charge is 0.258 e. The second-order valence-electron chi connectivity index (χ2n) is 7.87. The maximum atomic E-state index is 12.4. The lowest BCUT2D eigenvalue weighted by molar-refractivity contribution is -0.123. The van der Waals surface area contributed by atoms with Crippen LogP contribution in [0.4, 0.5) is 5.69 Å². The number of carbonyl (C=O) groups is 1. The van der Waals surface area contributed by atoms with Crippen LogP contribution >= 0.6 is 11.6 Å². The van der Waals surface area contributed by atoms with E-state index in [0.29, 0.717) is 17.3 Å². The summed E-state index contributed by atoms with van der Waals surface area (Å²) in [5.74, 6) is 0.536. The van der Waals surface area contributed by atoms with Crippen molar-refractivity contribution in [1.82, 2.24) is 10.2 Å². The molecule has 1 fully saturated rings. The minimum Gasteiger partial charge on any atom is -0.484 e. The Balaban J connectivity index is 1.38. The fraction of sp³-hybridized carbons (Fsp3) is 0.435. The van der Waals surface area contributed by atoms with Gasteiger partial charge in [-0.25, -0.2) is 0 Å². The summed E-state index contributed by atoms with van der Waals surface area (Å²) in [5.41, 5.74) is 4.03. The molecule has 2 aromatic carbocycles. The Morgan fingerprint density at radius 2 is 1.90 bits per heavy atom. The van der Waals surface area contributed by atoms with E-state index >= 15 is 0 Å². The Morgan fingerprint density at radius 1 is 1.14 bits per heavy atom. The van der Waals surface area contributed by atoms with E-state index in [0.717, 1.165) is 26.1 Å². The first-order valence-electron chi connectivity index (χ1n) is 10.3. The van der Waals surface area contributed by atoms with Crippen LogP contribution in [0.2, 0.25) is 5.02 Å². The van der Waals surface area contributed by atoms with Crippen molar-refractivity contribution in [3.63, 3.8) is 0 Å². The topological polar surface area (TPSA) is 44.8 Å². The molecule has 154 valence electrons. The fourth-order valence-electron chi connectivity index (χ4n) is 4.25. The summed E-state index contributed by atoms with van der Waals surface area (Å²) < 4.78 is 5.57. The molecule has 1 atom stereocenters. The summed E-state index contributed by atoms with van der Waals surface area (Å²) in [4.78, 5) is 17.2. The molecule has 2 aliphatic rings. The van der Waals surface area contributed by atoms with Crippen molar-refractivity contribution in [3.8, 4) is 5.75 Å². The van der Waals surface area contributed by atoms with Crippen molar-refractivity contribution in [2.24, 2.45) is 0 Å². The molecule has 5 nitrogen and oxygen atoms in total. The van der Waals surface area contributed by atoms with E-state index in [1.165, 1.54) is 29.7 Å². The second kappa shape index (κ2) is 9.06. The molecule has 0 unspecified atom stereocenters. The number of hydrogen-bond acceptors (Lipinski definition) is 4. The number of carbonyl (C=O) groups excluding carboxylic acids is 1. The van der Waals surface area contributed by atoms with Gasteiger partial charge in [-0.15, -0.1) is 0 Å². The zero-order chi connectivity index (χ0) is 20.2. The van der Waals surface area contributed by atoms with E-state index in [1.54, 1.807) is 24.3 Å². The monoisotopic (exact) mass is 413 g/mol. The summed E-state index contributed by atoms with van der Waals surface area (Å²) in [6.45, 7) is 3.84. The average molecular weight is 414 g/mol. The minimum atomic E-state index is -0.106. The van der Waals surface area contributed by atoms with Gasteiger partial charge in [0.05, 0.1) is 6.04 Å². The van der Waals surface area contributed by atoms with Crippen LogP contribution in [-0.2, 0) is 11.2 Å². The van der Waals surface area contributed by atoms with E-state index in [1.807, 2.05) is 0 Å². The third-order valence-corrected chi connectivity index (χ3v) is 6.13. The van der Waals surface area contributed by atoms with Crippen LogP contribution in [0.3, 0.4) is 0 Å². The van der Waals surface area contributed by atoms with Gasteiger partial charge in [0, 0.05) is 30.8 Å². The third-order valence-electron chi connectivity index (χ3n) is 5.87. The molecule has 2 aliphatic heterocycles. The molecule has 29 heavy (non-hydrogen) atoms. The number of nitrogens with zero attached hydrogens (tertiary/aromatic N) is 2. The van der Waals surface area contributed by atoms with Crippen molar-refractivity contribution in [2.75, 3.05) is 44.7 Å². The predicted molar refractivity (Wildman–Crippen MR) is 117 cm³/mol. The van der Waals surface area contributed by atoms with E-state index in [9.17, 15) is 4.79 Å². The molecular formula is C23H28ClN3O2. The first-order chi connectivity index (χ1) is 14.1. The molecule has 0 aromatic heterocycles. The van der Waals surface area contributed by atoms with Gasteiger partial charge < -0.3 is 15.0 Å². The van der Waals surface area contributed by atoms with Crippen LogP contribution in [0.15, 0.2) is 42.5 Å². The summed E-state index contributed by atoms with van der Waals surface area (Å²) in [6, 6.07) is 14.0. The molecule has 0 saturated carbocycles. The van der Waals surface area contributed by atoms with Crippen molar-refractivity contribution in [3.05, 3.63) is 58.6 Å². The number of hydrogen-bond donors (Lipinski definition) is 1. The summed E-state index contributed by atoms with van der Waals surface area (Å²) in [6.07, 6.45) is 3.53. The molecule has 1 N–H and O–H groups in total. The maximum absolute atomic E-state index is 12.4. The standard InChI is InChI=1S/C23H28ClN3O2/c1-26-13-10-18-14-17(4-9-21(18)26)22(27-11-2-3-12-27)15-25-23(28)16-29-20-7-5-19(24)6-8-20/h4-9,14,22H,2-3,10-13,15-16H2,1H3,(H,25,28)/t22-/m0/s1. The van der Waals surface area contributed by atoms with Gasteiger partial charge >= 0.3 is 0 Å². The number of likely N-dealkylation sites (tertiary alicyclic amines) is 1.